The van der Waals surface area contributed by atoms with Gasteiger partial charge in [0.15, 0.2) is 0 Å². The zero-order chi connectivity index (χ0) is 21.8. The quantitative estimate of drug-likeness (QED) is 0.647. The summed E-state index contributed by atoms with van der Waals surface area (Å²) < 4.78 is 19.1. The van der Waals surface area contributed by atoms with Crippen LogP contribution in [0.4, 0.5) is 14.9 Å². The Hall–Kier alpha value is -2.72. The van der Waals surface area contributed by atoms with Crippen molar-refractivity contribution in [2.45, 2.75) is 26.1 Å². The average Bonchev–Trinajstić information content (AvgIpc) is 3.12. The van der Waals surface area contributed by atoms with Crippen molar-refractivity contribution in [2.24, 2.45) is 0 Å². The molecule has 0 N–H and O–H groups in total. The van der Waals surface area contributed by atoms with Gasteiger partial charge in [0.2, 0.25) is 0 Å². The Kier molecular flexibility index (Phi) is 6.67. The van der Waals surface area contributed by atoms with Crippen LogP contribution < -0.4 is 4.90 Å². The predicted octanol–water partition coefficient (Wildman–Crippen LogP) is 1.31. The molecule has 0 radical (unpaired) electrons. The van der Waals surface area contributed by atoms with E-state index in [1.54, 1.807) is 0 Å². The fraction of sp³-hybridized carbons (Fsp3) is 0.571. The lowest BCUT2D eigenvalue weighted by Gasteiger charge is -2.34. The highest BCUT2D eigenvalue weighted by Gasteiger charge is 2.34. The second-order valence-electron chi connectivity index (χ2n) is 7.89. The van der Waals surface area contributed by atoms with E-state index >= 15 is 0 Å². The van der Waals surface area contributed by atoms with Crippen LogP contribution in [0.25, 0.3) is 0 Å². The SMILES string of the molecule is O=C(ON1C(=O)CCC1=O)N1CCN(Cc2ccc(N3CCOCC3)cc2CF)CC1. The fourth-order valence-corrected chi connectivity index (χ4v) is 4.03. The number of morpholine rings is 1. The van der Waals surface area contributed by atoms with Crippen molar-refractivity contribution in [3.63, 3.8) is 0 Å². The standard InChI is InChI=1S/C21H27FN4O5/c22-14-17-13-18(24-9-11-30-12-10-24)2-1-16(17)15-23-5-7-25(8-6-23)21(29)31-26-19(27)3-4-20(26)28/h1-2,13H,3-12,14-15H2. The topological polar surface area (TPSA) is 82.6 Å². The second-order valence-corrected chi connectivity index (χ2v) is 7.89. The summed E-state index contributed by atoms with van der Waals surface area (Å²) in [6.45, 7) is 5.03. The molecule has 0 aliphatic carbocycles. The zero-order valence-electron chi connectivity index (χ0n) is 17.4. The normalized spacial score (nSPS) is 20.5. The van der Waals surface area contributed by atoms with Crippen molar-refractivity contribution in [3.05, 3.63) is 29.3 Å². The molecule has 0 aromatic heterocycles. The summed E-state index contributed by atoms with van der Waals surface area (Å²) in [5, 5.41) is 0.568. The van der Waals surface area contributed by atoms with Crippen molar-refractivity contribution < 1.29 is 28.3 Å². The third kappa shape index (κ3) is 4.96. The highest BCUT2D eigenvalue weighted by molar-refractivity contribution is 6.01. The first-order valence-electron chi connectivity index (χ1n) is 10.6. The molecule has 3 amide bonds. The van der Waals surface area contributed by atoms with Crippen LogP contribution in [0.15, 0.2) is 18.2 Å². The van der Waals surface area contributed by atoms with E-state index in [1.165, 1.54) is 4.90 Å². The molecule has 1 aromatic rings. The minimum atomic E-state index is -0.692. The number of carbonyl (C=O) groups excluding carboxylic acids is 3. The first-order valence-corrected chi connectivity index (χ1v) is 10.6. The number of benzene rings is 1. The van der Waals surface area contributed by atoms with E-state index in [1.807, 2.05) is 18.2 Å². The smallest absolute Gasteiger partial charge is 0.378 e. The van der Waals surface area contributed by atoms with E-state index in [9.17, 15) is 18.8 Å². The van der Waals surface area contributed by atoms with Gasteiger partial charge in [-0.2, -0.15) is 0 Å². The first-order chi connectivity index (χ1) is 15.0. The van der Waals surface area contributed by atoms with Gasteiger partial charge >= 0.3 is 6.09 Å². The maximum Gasteiger partial charge on any atom is 0.434 e. The van der Waals surface area contributed by atoms with E-state index in [0.717, 1.165) is 24.3 Å². The number of alkyl halides is 1. The third-order valence-corrected chi connectivity index (χ3v) is 5.91. The molecule has 10 heteroatoms. The van der Waals surface area contributed by atoms with E-state index in [0.29, 0.717) is 56.6 Å². The van der Waals surface area contributed by atoms with Gasteiger partial charge in [-0.3, -0.25) is 14.5 Å². The van der Waals surface area contributed by atoms with Crippen LogP contribution in [-0.4, -0.2) is 85.3 Å². The van der Waals surface area contributed by atoms with E-state index in [-0.39, 0.29) is 12.8 Å². The summed E-state index contributed by atoms with van der Waals surface area (Å²) in [5.74, 6) is -0.979. The monoisotopic (exact) mass is 434 g/mol. The molecule has 0 saturated carbocycles. The molecule has 31 heavy (non-hydrogen) atoms. The van der Waals surface area contributed by atoms with Crippen LogP contribution in [0, 0.1) is 0 Å². The Labute approximate surface area is 180 Å². The minimum absolute atomic E-state index is 0.0706. The van der Waals surface area contributed by atoms with Gasteiger partial charge in [0.25, 0.3) is 11.8 Å². The number of carbonyl (C=O) groups is 3. The molecule has 3 aliphatic rings. The maximum absolute atomic E-state index is 13.7. The third-order valence-electron chi connectivity index (χ3n) is 5.91. The molecule has 3 heterocycles. The van der Waals surface area contributed by atoms with Crippen LogP contribution in [0.1, 0.15) is 24.0 Å². The molecule has 168 valence electrons. The van der Waals surface area contributed by atoms with Crippen molar-refractivity contribution >= 4 is 23.6 Å². The largest absolute Gasteiger partial charge is 0.434 e. The summed E-state index contributed by atoms with van der Waals surface area (Å²) in [6, 6.07) is 5.92. The van der Waals surface area contributed by atoms with E-state index < -0.39 is 24.6 Å². The molecule has 9 nitrogen and oxygen atoms in total. The van der Waals surface area contributed by atoms with Gasteiger partial charge in [-0.05, 0) is 23.3 Å². The Bertz CT molecular complexity index is 821. The van der Waals surface area contributed by atoms with Gasteiger partial charge in [-0.25, -0.2) is 9.18 Å². The number of amides is 3. The molecular weight excluding hydrogens is 407 g/mol. The molecule has 1 aromatic carbocycles. The average molecular weight is 434 g/mol. The van der Waals surface area contributed by atoms with Crippen molar-refractivity contribution in [1.29, 1.82) is 0 Å². The summed E-state index contributed by atoms with van der Waals surface area (Å²) in [6.07, 6.45) is -0.551. The van der Waals surface area contributed by atoms with E-state index in [4.69, 9.17) is 9.57 Å². The number of ether oxygens (including phenoxy) is 1. The summed E-state index contributed by atoms with van der Waals surface area (Å²) >= 11 is 0. The van der Waals surface area contributed by atoms with E-state index in [2.05, 4.69) is 9.80 Å². The number of rotatable bonds is 5. The number of imide groups is 1. The van der Waals surface area contributed by atoms with Gasteiger partial charge in [-0.1, -0.05) is 6.07 Å². The molecule has 0 bridgehead atoms. The van der Waals surface area contributed by atoms with Crippen LogP contribution >= 0.6 is 0 Å². The van der Waals surface area contributed by atoms with Crippen LogP contribution in [-0.2, 0) is 32.4 Å². The van der Waals surface area contributed by atoms with Gasteiger partial charge in [0, 0.05) is 64.3 Å². The Morgan fingerprint density at radius 3 is 2.29 bits per heavy atom. The summed E-state index contributed by atoms with van der Waals surface area (Å²) in [7, 11) is 0. The lowest BCUT2D eigenvalue weighted by molar-refractivity contribution is -0.174. The number of hydrogen-bond donors (Lipinski definition) is 0. The van der Waals surface area contributed by atoms with Crippen molar-refractivity contribution in [1.82, 2.24) is 14.9 Å². The Balaban J connectivity index is 1.30. The number of hydrogen-bond acceptors (Lipinski definition) is 7. The molecule has 3 aliphatic heterocycles. The van der Waals surface area contributed by atoms with Crippen LogP contribution in [0.5, 0.6) is 0 Å². The minimum Gasteiger partial charge on any atom is -0.378 e. The first kappa shape index (κ1) is 21.5. The number of piperazine rings is 1. The van der Waals surface area contributed by atoms with Gasteiger partial charge in [-0.15, -0.1) is 5.06 Å². The second kappa shape index (κ2) is 9.61. The lowest BCUT2D eigenvalue weighted by Crippen LogP contribution is -2.50. The fourth-order valence-electron chi connectivity index (χ4n) is 4.03. The number of halogens is 1. The molecule has 4 rings (SSSR count). The summed E-state index contributed by atoms with van der Waals surface area (Å²) in [4.78, 5) is 46.3. The highest BCUT2D eigenvalue weighted by Crippen LogP contribution is 2.23. The maximum atomic E-state index is 13.7. The molecular formula is C21H27FN4O5. The predicted molar refractivity (Wildman–Crippen MR) is 109 cm³/mol. The lowest BCUT2D eigenvalue weighted by atomic mass is 10.1. The van der Waals surface area contributed by atoms with Crippen molar-refractivity contribution in [2.75, 3.05) is 57.4 Å². The molecule has 3 fully saturated rings. The van der Waals surface area contributed by atoms with Crippen LogP contribution in [0.3, 0.4) is 0 Å². The number of hydroxylamine groups is 2. The Morgan fingerprint density at radius 1 is 0.968 bits per heavy atom. The number of anilines is 1. The van der Waals surface area contributed by atoms with Crippen molar-refractivity contribution in [3.8, 4) is 0 Å². The Morgan fingerprint density at radius 2 is 1.65 bits per heavy atom. The highest BCUT2D eigenvalue weighted by atomic mass is 19.1. The molecule has 0 spiro atoms. The van der Waals surface area contributed by atoms with Gasteiger partial charge in [0.1, 0.15) is 6.67 Å². The number of nitrogens with zero attached hydrogens (tertiary/aromatic N) is 4. The summed E-state index contributed by atoms with van der Waals surface area (Å²) in [5.41, 5.74) is 2.62. The zero-order valence-corrected chi connectivity index (χ0v) is 17.4. The molecule has 3 saturated heterocycles. The van der Waals surface area contributed by atoms with Gasteiger partial charge < -0.3 is 19.4 Å². The molecule has 0 atom stereocenters. The van der Waals surface area contributed by atoms with Crippen LogP contribution in [0.2, 0.25) is 0 Å². The van der Waals surface area contributed by atoms with Gasteiger partial charge in [0.05, 0.1) is 13.2 Å². The molecule has 0 unspecified atom stereocenters.